The molecule has 0 bridgehead atoms. The number of halogens is 1. The number of amides is 2. The molecule has 1 aliphatic heterocycles. The highest BCUT2D eigenvalue weighted by atomic mass is 35.5. The molecule has 116 valence electrons. The fourth-order valence-electron chi connectivity index (χ4n) is 2.55. The second kappa shape index (κ2) is 5.98. The molecular formula is C15H15ClN2O4. The Labute approximate surface area is 131 Å². The summed E-state index contributed by atoms with van der Waals surface area (Å²) in [7, 11) is 0. The molecule has 0 spiro atoms. The van der Waals surface area contributed by atoms with Crippen LogP contribution in [0.5, 0.6) is 0 Å². The monoisotopic (exact) mass is 322 g/mol. The quantitative estimate of drug-likeness (QED) is 0.906. The molecule has 0 radical (unpaired) electrons. The number of aliphatic hydroxyl groups is 1. The van der Waals surface area contributed by atoms with E-state index in [2.05, 4.69) is 0 Å². The number of fused-ring (bicyclic) bond motifs is 1. The zero-order chi connectivity index (χ0) is 15.7. The van der Waals surface area contributed by atoms with Crippen LogP contribution in [0.1, 0.15) is 10.6 Å². The van der Waals surface area contributed by atoms with Crippen molar-refractivity contribution in [3.8, 4) is 0 Å². The zero-order valence-electron chi connectivity index (χ0n) is 11.8. The highest BCUT2D eigenvalue weighted by molar-refractivity contribution is 6.34. The van der Waals surface area contributed by atoms with E-state index in [0.717, 1.165) is 5.39 Å². The lowest BCUT2D eigenvalue weighted by molar-refractivity contribution is -0.135. The zero-order valence-corrected chi connectivity index (χ0v) is 12.5. The largest absolute Gasteiger partial charge is 0.449 e. The minimum atomic E-state index is -0.504. The first-order valence-corrected chi connectivity index (χ1v) is 7.34. The Kier molecular flexibility index (Phi) is 4.04. The third kappa shape index (κ3) is 2.67. The molecule has 1 fully saturated rings. The number of carbonyl (C=O) groups excluding carboxylic acids is 2. The molecule has 2 amide bonds. The number of rotatable bonds is 2. The maximum absolute atomic E-state index is 12.5. The van der Waals surface area contributed by atoms with Crippen LogP contribution in [0.3, 0.4) is 0 Å². The Morgan fingerprint density at radius 2 is 1.86 bits per heavy atom. The van der Waals surface area contributed by atoms with Gasteiger partial charge in [-0.05, 0) is 12.1 Å². The number of hydrogen-bond donors (Lipinski definition) is 1. The van der Waals surface area contributed by atoms with E-state index in [0.29, 0.717) is 36.8 Å². The summed E-state index contributed by atoms with van der Waals surface area (Å²) < 4.78 is 5.57. The number of nitrogens with zero attached hydrogens (tertiary/aromatic N) is 2. The van der Waals surface area contributed by atoms with Crippen LogP contribution in [0.15, 0.2) is 28.7 Å². The number of benzene rings is 1. The first-order valence-electron chi connectivity index (χ1n) is 6.96. The first kappa shape index (κ1) is 14.9. The molecule has 1 saturated heterocycles. The molecule has 2 aromatic rings. The second-order valence-corrected chi connectivity index (χ2v) is 5.51. The highest BCUT2D eigenvalue weighted by Gasteiger charge is 2.26. The smallest absolute Gasteiger partial charge is 0.289 e. The second-order valence-electron chi connectivity index (χ2n) is 5.10. The Morgan fingerprint density at radius 1 is 1.18 bits per heavy atom. The number of aliphatic hydroxyl groups excluding tert-OH is 1. The molecule has 0 unspecified atom stereocenters. The standard InChI is InChI=1S/C15H15ClN2O4/c16-11-3-1-2-10-8-12(22-14(10)11)15(21)18-6-4-17(5-7-18)13(20)9-19/h1-3,8,19H,4-7,9H2. The minimum absolute atomic E-state index is 0.219. The van der Waals surface area contributed by atoms with E-state index in [9.17, 15) is 9.59 Å². The van der Waals surface area contributed by atoms with Crippen molar-refractivity contribution in [2.45, 2.75) is 0 Å². The molecule has 0 atom stereocenters. The van der Waals surface area contributed by atoms with E-state index in [1.54, 1.807) is 28.0 Å². The topological polar surface area (TPSA) is 74.0 Å². The van der Waals surface area contributed by atoms with Gasteiger partial charge in [0.2, 0.25) is 5.91 Å². The maximum Gasteiger partial charge on any atom is 0.289 e. The van der Waals surface area contributed by atoms with Gasteiger partial charge in [0.1, 0.15) is 6.61 Å². The van der Waals surface area contributed by atoms with Crippen molar-refractivity contribution in [3.05, 3.63) is 35.0 Å². The van der Waals surface area contributed by atoms with E-state index >= 15 is 0 Å². The van der Waals surface area contributed by atoms with Gasteiger partial charge in [0.25, 0.3) is 5.91 Å². The molecule has 0 saturated carbocycles. The van der Waals surface area contributed by atoms with Gasteiger partial charge in [-0.3, -0.25) is 9.59 Å². The molecule has 1 aromatic carbocycles. The summed E-state index contributed by atoms with van der Waals surface area (Å²) in [5.41, 5.74) is 0.501. The van der Waals surface area contributed by atoms with Crippen LogP contribution in [0.2, 0.25) is 5.02 Å². The summed E-state index contributed by atoms with van der Waals surface area (Å²) in [5, 5.41) is 10.1. The van der Waals surface area contributed by atoms with Crippen LogP contribution >= 0.6 is 11.6 Å². The predicted octanol–water partition coefficient (Wildman–Crippen LogP) is 1.36. The van der Waals surface area contributed by atoms with E-state index in [1.165, 1.54) is 0 Å². The van der Waals surface area contributed by atoms with Crippen LogP contribution in [0.4, 0.5) is 0 Å². The third-order valence-electron chi connectivity index (χ3n) is 3.76. The fraction of sp³-hybridized carbons (Fsp3) is 0.333. The molecule has 7 heteroatoms. The van der Waals surface area contributed by atoms with E-state index in [1.807, 2.05) is 6.07 Å². The molecule has 1 aliphatic rings. The van der Waals surface area contributed by atoms with Crippen molar-refractivity contribution in [2.24, 2.45) is 0 Å². The normalized spacial score (nSPS) is 15.4. The van der Waals surface area contributed by atoms with Crippen LogP contribution in [0, 0.1) is 0 Å². The van der Waals surface area contributed by atoms with Crippen LogP contribution < -0.4 is 0 Å². The molecule has 0 aliphatic carbocycles. The lowest BCUT2D eigenvalue weighted by Crippen LogP contribution is -2.51. The van der Waals surface area contributed by atoms with Crippen LogP contribution in [0.25, 0.3) is 11.0 Å². The van der Waals surface area contributed by atoms with Gasteiger partial charge in [-0.15, -0.1) is 0 Å². The summed E-state index contributed by atoms with van der Waals surface area (Å²) in [6.07, 6.45) is 0. The lowest BCUT2D eigenvalue weighted by atomic mass is 10.2. The van der Waals surface area contributed by atoms with Gasteiger partial charge in [-0.1, -0.05) is 23.7 Å². The summed E-state index contributed by atoms with van der Waals surface area (Å²) in [6.45, 7) is 1.14. The number of hydrogen-bond acceptors (Lipinski definition) is 4. The Balaban J connectivity index is 1.74. The number of carbonyl (C=O) groups is 2. The van der Waals surface area contributed by atoms with Gasteiger partial charge in [0, 0.05) is 31.6 Å². The van der Waals surface area contributed by atoms with Gasteiger partial charge in [-0.2, -0.15) is 0 Å². The average Bonchev–Trinajstić information content (AvgIpc) is 2.99. The van der Waals surface area contributed by atoms with Crippen molar-refractivity contribution in [3.63, 3.8) is 0 Å². The summed E-state index contributed by atoms with van der Waals surface area (Å²) in [4.78, 5) is 27.0. The number of piperazine rings is 1. The summed E-state index contributed by atoms with van der Waals surface area (Å²) in [5.74, 6) is -0.295. The van der Waals surface area contributed by atoms with Crippen molar-refractivity contribution >= 4 is 34.4 Å². The first-order chi connectivity index (χ1) is 10.6. The van der Waals surface area contributed by atoms with Gasteiger partial charge >= 0.3 is 0 Å². The Hall–Kier alpha value is -2.05. The molecule has 1 N–H and O–H groups in total. The number of para-hydroxylation sites is 1. The SMILES string of the molecule is O=C(CO)N1CCN(C(=O)c2cc3cccc(Cl)c3o2)CC1. The lowest BCUT2D eigenvalue weighted by Gasteiger charge is -2.33. The summed E-state index contributed by atoms with van der Waals surface area (Å²) >= 11 is 6.04. The van der Waals surface area contributed by atoms with Gasteiger partial charge in [-0.25, -0.2) is 0 Å². The van der Waals surface area contributed by atoms with Gasteiger partial charge in [0.05, 0.1) is 5.02 Å². The van der Waals surface area contributed by atoms with Crippen molar-refractivity contribution in [2.75, 3.05) is 32.8 Å². The predicted molar refractivity (Wildman–Crippen MR) is 80.8 cm³/mol. The van der Waals surface area contributed by atoms with E-state index < -0.39 is 6.61 Å². The van der Waals surface area contributed by atoms with E-state index in [4.69, 9.17) is 21.1 Å². The molecule has 22 heavy (non-hydrogen) atoms. The average molecular weight is 323 g/mol. The van der Waals surface area contributed by atoms with Crippen molar-refractivity contribution < 1.29 is 19.1 Å². The fourth-order valence-corrected chi connectivity index (χ4v) is 2.77. The van der Waals surface area contributed by atoms with E-state index in [-0.39, 0.29) is 17.6 Å². The third-order valence-corrected chi connectivity index (χ3v) is 4.06. The van der Waals surface area contributed by atoms with Crippen LogP contribution in [-0.4, -0.2) is 59.5 Å². The minimum Gasteiger partial charge on any atom is -0.449 e. The maximum atomic E-state index is 12.5. The van der Waals surface area contributed by atoms with Crippen LogP contribution in [-0.2, 0) is 4.79 Å². The Bertz CT molecular complexity index is 719. The molecule has 1 aromatic heterocycles. The highest BCUT2D eigenvalue weighted by Crippen LogP contribution is 2.27. The molecular weight excluding hydrogens is 308 g/mol. The van der Waals surface area contributed by atoms with Crippen molar-refractivity contribution in [1.82, 2.24) is 9.80 Å². The molecule has 3 rings (SSSR count). The molecule has 6 nitrogen and oxygen atoms in total. The van der Waals surface area contributed by atoms with Crippen molar-refractivity contribution in [1.29, 1.82) is 0 Å². The summed E-state index contributed by atoms with van der Waals surface area (Å²) in [6, 6.07) is 7.02. The van der Waals surface area contributed by atoms with Gasteiger partial charge < -0.3 is 19.3 Å². The number of furan rings is 1. The Morgan fingerprint density at radius 3 is 2.50 bits per heavy atom. The van der Waals surface area contributed by atoms with Gasteiger partial charge in [0.15, 0.2) is 11.3 Å². The molecule has 2 heterocycles.